The summed E-state index contributed by atoms with van der Waals surface area (Å²) in [6.45, 7) is 3.09. The van der Waals surface area contributed by atoms with Crippen LogP contribution in [0.3, 0.4) is 0 Å². The number of carbonyl (C=O) groups excluding carboxylic acids is 1. The molecule has 164 valence electrons. The highest BCUT2D eigenvalue weighted by molar-refractivity contribution is 7.89. The second kappa shape index (κ2) is 8.39. The van der Waals surface area contributed by atoms with E-state index >= 15 is 0 Å². The summed E-state index contributed by atoms with van der Waals surface area (Å²) in [7, 11) is -3.83. The summed E-state index contributed by atoms with van der Waals surface area (Å²) in [5.74, 6) is -0.441. The third-order valence-corrected chi connectivity index (χ3v) is 7.92. The number of piperidine rings is 1. The van der Waals surface area contributed by atoms with Gasteiger partial charge in [-0.15, -0.1) is 0 Å². The highest BCUT2D eigenvalue weighted by Crippen LogP contribution is 2.32. The largest absolute Gasteiger partial charge is 0.312 e. The van der Waals surface area contributed by atoms with Crippen LogP contribution in [0.1, 0.15) is 30.4 Å². The van der Waals surface area contributed by atoms with Gasteiger partial charge in [-0.05, 0) is 61.9 Å². The number of hydrogen-bond donors (Lipinski definition) is 0. The fourth-order valence-corrected chi connectivity index (χ4v) is 5.91. The SMILES string of the molecule is Cc1ccc2c(c1)N(C(=O)C1CCCN(S(=O)(=O)c3ccc([N+](=O)[O-])cc3)C1)CCC2. The van der Waals surface area contributed by atoms with E-state index in [2.05, 4.69) is 6.07 Å². The first-order valence-corrected chi connectivity index (χ1v) is 11.9. The van der Waals surface area contributed by atoms with Crippen molar-refractivity contribution in [3.63, 3.8) is 0 Å². The number of sulfonamides is 1. The molecule has 4 rings (SSSR count). The van der Waals surface area contributed by atoms with Gasteiger partial charge in [0.2, 0.25) is 15.9 Å². The summed E-state index contributed by atoms with van der Waals surface area (Å²) in [4.78, 5) is 25.5. The first-order chi connectivity index (χ1) is 14.8. The number of nitro benzene ring substituents is 1. The zero-order chi connectivity index (χ0) is 22.2. The number of non-ortho nitro benzene ring substituents is 1. The lowest BCUT2D eigenvalue weighted by molar-refractivity contribution is -0.384. The van der Waals surface area contributed by atoms with E-state index in [0.717, 1.165) is 29.7 Å². The average Bonchev–Trinajstić information content (AvgIpc) is 2.78. The minimum atomic E-state index is -3.83. The van der Waals surface area contributed by atoms with Gasteiger partial charge in [0.15, 0.2) is 0 Å². The predicted octanol–water partition coefficient (Wildman–Crippen LogP) is 3.28. The number of nitrogens with zero attached hydrogens (tertiary/aromatic N) is 3. The molecule has 0 spiro atoms. The third-order valence-electron chi connectivity index (χ3n) is 6.04. The number of hydrogen-bond acceptors (Lipinski definition) is 5. The predicted molar refractivity (Wildman–Crippen MR) is 116 cm³/mol. The molecule has 8 nitrogen and oxygen atoms in total. The second-order valence-electron chi connectivity index (χ2n) is 8.18. The van der Waals surface area contributed by atoms with Crippen molar-refractivity contribution in [3.05, 3.63) is 63.7 Å². The van der Waals surface area contributed by atoms with Gasteiger partial charge in [-0.25, -0.2) is 8.42 Å². The van der Waals surface area contributed by atoms with Crippen molar-refractivity contribution in [1.29, 1.82) is 0 Å². The van der Waals surface area contributed by atoms with E-state index < -0.39 is 20.9 Å². The van der Waals surface area contributed by atoms with E-state index in [1.165, 1.54) is 28.6 Å². The zero-order valence-corrected chi connectivity index (χ0v) is 18.2. The number of rotatable bonds is 4. The molecule has 0 bridgehead atoms. The fourth-order valence-electron chi connectivity index (χ4n) is 4.39. The summed E-state index contributed by atoms with van der Waals surface area (Å²) in [5.41, 5.74) is 3.01. The Hall–Kier alpha value is -2.78. The Labute approximate surface area is 181 Å². The van der Waals surface area contributed by atoms with Crippen LogP contribution in [0.2, 0.25) is 0 Å². The quantitative estimate of drug-likeness (QED) is 0.533. The summed E-state index contributed by atoms with van der Waals surface area (Å²) in [6, 6.07) is 11.0. The molecule has 0 saturated carbocycles. The molecule has 9 heteroatoms. The van der Waals surface area contributed by atoms with Gasteiger partial charge < -0.3 is 4.90 Å². The molecule has 2 aromatic rings. The van der Waals surface area contributed by atoms with Gasteiger partial charge in [-0.1, -0.05) is 12.1 Å². The molecule has 1 atom stereocenters. The Morgan fingerprint density at radius 2 is 1.84 bits per heavy atom. The van der Waals surface area contributed by atoms with Crippen molar-refractivity contribution in [1.82, 2.24) is 4.31 Å². The topological polar surface area (TPSA) is 101 Å². The van der Waals surface area contributed by atoms with E-state index in [-0.39, 0.29) is 23.0 Å². The molecule has 2 aromatic carbocycles. The first kappa shape index (κ1) is 21.5. The fraction of sp³-hybridized carbons (Fsp3) is 0.409. The van der Waals surface area contributed by atoms with E-state index in [1.807, 2.05) is 24.0 Å². The smallest absolute Gasteiger partial charge is 0.269 e. The molecule has 2 heterocycles. The molecule has 31 heavy (non-hydrogen) atoms. The molecule has 0 aromatic heterocycles. The van der Waals surface area contributed by atoms with Gasteiger partial charge in [-0.2, -0.15) is 4.31 Å². The van der Waals surface area contributed by atoms with Crippen LogP contribution in [0, 0.1) is 23.0 Å². The Kier molecular flexibility index (Phi) is 5.81. The van der Waals surface area contributed by atoms with Crippen molar-refractivity contribution < 1.29 is 18.1 Å². The molecule has 2 aliphatic rings. The number of anilines is 1. The number of amides is 1. The number of aryl methyl sites for hydroxylation is 2. The lowest BCUT2D eigenvalue weighted by Crippen LogP contribution is -2.48. The van der Waals surface area contributed by atoms with Crippen molar-refractivity contribution in [2.24, 2.45) is 5.92 Å². The third kappa shape index (κ3) is 4.20. The monoisotopic (exact) mass is 443 g/mol. The second-order valence-corrected chi connectivity index (χ2v) is 10.1. The molecule has 1 amide bonds. The van der Waals surface area contributed by atoms with E-state index in [9.17, 15) is 23.3 Å². The van der Waals surface area contributed by atoms with Crippen LogP contribution in [0.4, 0.5) is 11.4 Å². The minimum absolute atomic E-state index is 0.00476. The lowest BCUT2D eigenvalue weighted by Gasteiger charge is -2.36. The van der Waals surface area contributed by atoms with Gasteiger partial charge in [-0.3, -0.25) is 14.9 Å². The Morgan fingerprint density at radius 3 is 2.55 bits per heavy atom. The van der Waals surface area contributed by atoms with Crippen molar-refractivity contribution in [2.75, 3.05) is 24.5 Å². The number of fused-ring (bicyclic) bond motifs is 1. The van der Waals surface area contributed by atoms with Gasteiger partial charge >= 0.3 is 0 Å². The van der Waals surface area contributed by atoms with Crippen molar-refractivity contribution in [3.8, 4) is 0 Å². The number of benzene rings is 2. The first-order valence-electron chi connectivity index (χ1n) is 10.4. The van der Waals surface area contributed by atoms with Crippen LogP contribution < -0.4 is 4.90 Å². The molecule has 1 fully saturated rings. The minimum Gasteiger partial charge on any atom is -0.312 e. The maximum atomic E-state index is 13.4. The molecule has 1 saturated heterocycles. The molecular formula is C22H25N3O5S. The van der Waals surface area contributed by atoms with Crippen LogP contribution in [0.5, 0.6) is 0 Å². The summed E-state index contributed by atoms with van der Waals surface area (Å²) in [5, 5.41) is 10.8. The highest BCUT2D eigenvalue weighted by Gasteiger charge is 2.36. The standard InChI is InChI=1S/C22H25N3O5S/c1-16-6-7-17-4-3-13-24(21(17)14-16)22(26)18-5-2-12-23(15-18)31(29,30)20-10-8-19(9-11-20)25(27)28/h6-11,14,18H,2-5,12-13,15H2,1H3. The van der Waals surface area contributed by atoms with Crippen molar-refractivity contribution in [2.45, 2.75) is 37.5 Å². The molecule has 0 N–H and O–H groups in total. The highest BCUT2D eigenvalue weighted by atomic mass is 32.2. The van der Waals surface area contributed by atoms with E-state index in [4.69, 9.17) is 0 Å². The molecular weight excluding hydrogens is 418 g/mol. The number of carbonyl (C=O) groups is 1. The van der Waals surface area contributed by atoms with Gasteiger partial charge in [0.05, 0.1) is 15.7 Å². The van der Waals surface area contributed by atoms with Gasteiger partial charge in [0.1, 0.15) is 0 Å². The summed E-state index contributed by atoms with van der Waals surface area (Å²) >= 11 is 0. The van der Waals surface area contributed by atoms with E-state index in [0.29, 0.717) is 25.9 Å². The summed E-state index contributed by atoms with van der Waals surface area (Å²) in [6.07, 6.45) is 3.06. The molecule has 2 aliphatic heterocycles. The Bertz CT molecular complexity index is 1110. The van der Waals surface area contributed by atoms with Crippen LogP contribution in [-0.4, -0.2) is 43.2 Å². The van der Waals surface area contributed by atoms with E-state index in [1.54, 1.807) is 0 Å². The Balaban J connectivity index is 1.54. The zero-order valence-electron chi connectivity index (χ0n) is 17.4. The van der Waals surface area contributed by atoms with Crippen LogP contribution >= 0.6 is 0 Å². The number of nitro groups is 1. The van der Waals surface area contributed by atoms with Gasteiger partial charge in [0, 0.05) is 37.5 Å². The average molecular weight is 444 g/mol. The summed E-state index contributed by atoms with van der Waals surface area (Å²) < 4.78 is 27.5. The lowest BCUT2D eigenvalue weighted by atomic mass is 9.94. The molecule has 0 aliphatic carbocycles. The van der Waals surface area contributed by atoms with Crippen LogP contribution in [0.25, 0.3) is 0 Å². The van der Waals surface area contributed by atoms with Crippen LogP contribution in [-0.2, 0) is 21.2 Å². The normalized spacial score (nSPS) is 19.6. The van der Waals surface area contributed by atoms with Crippen LogP contribution in [0.15, 0.2) is 47.4 Å². The van der Waals surface area contributed by atoms with Gasteiger partial charge in [0.25, 0.3) is 5.69 Å². The maximum Gasteiger partial charge on any atom is 0.269 e. The maximum absolute atomic E-state index is 13.4. The molecule has 1 unspecified atom stereocenters. The molecule has 0 radical (unpaired) electrons. The Morgan fingerprint density at radius 1 is 1.10 bits per heavy atom. The van der Waals surface area contributed by atoms with Crippen molar-refractivity contribution >= 4 is 27.3 Å².